The predicted octanol–water partition coefficient (Wildman–Crippen LogP) is 1.02. The Bertz CT molecular complexity index is 553. The van der Waals surface area contributed by atoms with Crippen LogP contribution in [-0.2, 0) is 14.6 Å². The van der Waals surface area contributed by atoms with E-state index in [-0.39, 0.29) is 11.3 Å². The van der Waals surface area contributed by atoms with Crippen LogP contribution in [0.2, 0.25) is 0 Å². The fraction of sp³-hybridized carbons (Fsp3) is 0.333. The molecule has 1 unspecified atom stereocenters. The van der Waals surface area contributed by atoms with E-state index in [9.17, 15) is 17.4 Å². The van der Waals surface area contributed by atoms with E-state index in [1.54, 1.807) is 0 Å². The number of benzene rings is 1. The third kappa shape index (κ3) is 3.86. The minimum atomic E-state index is -4.57. The third-order valence-corrected chi connectivity index (χ3v) is 5.18. The molecule has 1 atom stereocenters. The summed E-state index contributed by atoms with van der Waals surface area (Å²) in [4.78, 5) is 17.7. The van der Waals surface area contributed by atoms with Gasteiger partial charge in [0.2, 0.25) is 10.0 Å². The Labute approximate surface area is 104 Å². The van der Waals surface area contributed by atoms with Gasteiger partial charge in [-0.25, -0.2) is 12.8 Å². The van der Waals surface area contributed by atoms with Crippen LogP contribution in [0.25, 0.3) is 0 Å². The smallest absolute Gasteiger partial charge is 0.323 e. The Balaban J connectivity index is 3.01. The monoisotopic (exact) mass is 297 g/mol. The summed E-state index contributed by atoms with van der Waals surface area (Å²) in [5.74, 6) is -2.09. The van der Waals surface area contributed by atoms with Crippen molar-refractivity contribution in [2.45, 2.75) is 24.0 Å². The van der Waals surface area contributed by atoms with Crippen molar-refractivity contribution in [1.29, 1.82) is 0 Å². The maximum Gasteiger partial charge on any atom is 0.343 e. The third-order valence-electron chi connectivity index (χ3n) is 2.21. The lowest BCUT2D eigenvalue weighted by molar-refractivity contribution is 0.351. The standard InChI is InChI=1S/C9H13FNO5PS/c1-2-9(17(12,13)14)11-18(15,16)8-5-3-7(10)4-6-8/h3-6,9,11H,2H2,1H3,(H2,12,13,14). The lowest BCUT2D eigenvalue weighted by Crippen LogP contribution is -2.34. The van der Waals surface area contributed by atoms with Crippen molar-refractivity contribution in [2.75, 3.05) is 0 Å². The van der Waals surface area contributed by atoms with Crippen LogP contribution < -0.4 is 4.72 Å². The van der Waals surface area contributed by atoms with Gasteiger partial charge in [-0.1, -0.05) is 6.92 Å². The molecular weight excluding hydrogens is 284 g/mol. The molecule has 6 nitrogen and oxygen atoms in total. The summed E-state index contributed by atoms with van der Waals surface area (Å²) >= 11 is 0. The summed E-state index contributed by atoms with van der Waals surface area (Å²) in [5, 5.41) is 0. The van der Waals surface area contributed by atoms with Crippen molar-refractivity contribution < 1.29 is 27.2 Å². The van der Waals surface area contributed by atoms with Gasteiger partial charge in [-0.2, -0.15) is 4.72 Å². The number of hydrogen-bond acceptors (Lipinski definition) is 3. The number of rotatable bonds is 5. The fourth-order valence-electron chi connectivity index (χ4n) is 1.25. The van der Waals surface area contributed by atoms with Crippen molar-refractivity contribution in [2.24, 2.45) is 0 Å². The SMILES string of the molecule is CCC(NS(=O)(=O)c1ccc(F)cc1)P(=O)(O)O. The first-order chi connectivity index (χ1) is 8.16. The van der Waals surface area contributed by atoms with Gasteiger partial charge < -0.3 is 9.79 Å². The van der Waals surface area contributed by atoms with Crippen molar-refractivity contribution in [3.63, 3.8) is 0 Å². The molecule has 0 bridgehead atoms. The second kappa shape index (κ2) is 5.46. The van der Waals surface area contributed by atoms with E-state index in [1.807, 2.05) is 4.72 Å². The quantitative estimate of drug-likeness (QED) is 0.704. The van der Waals surface area contributed by atoms with Crippen LogP contribution in [0.4, 0.5) is 4.39 Å². The topological polar surface area (TPSA) is 104 Å². The van der Waals surface area contributed by atoms with Gasteiger partial charge in [-0.05, 0) is 30.7 Å². The Morgan fingerprint density at radius 3 is 2.22 bits per heavy atom. The molecule has 1 rings (SSSR count). The number of nitrogens with one attached hydrogen (secondary N) is 1. The summed E-state index contributed by atoms with van der Waals surface area (Å²) in [6, 6.07) is 3.94. The molecule has 1 aromatic rings. The predicted molar refractivity (Wildman–Crippen MR) is 62.8 cm³/mol. The van der Waals surface area contributed by atoms with Gasteiger partial charge in [0.05, 0.1) is 4.90 Å². The second-order valence-corrected chi connectivity index (χ2v) is 7.10. The van der Waals surface area contributed by atoms with Crippen LogP contribution >= 0.6 is 7.60 Å². The number of sulfonamides is 1. The van der Waals surface area contributed by atoms with Gasteiger partial charge in [-0.3, -0.25) is 4.57 Å². The van der Waals surface area contributed by atoms with Crippen molar-refractivity contribution >= 4 is 17.6 Å². The van der Waals surface area contributed by atoms with Crippen LogP contribution in [0, 0.1) is 5.82 Å². The summed E-state index contributed by atoms with van der Waals surface area (Å²) < 4.78 is 49.2. The maximum absolute atomic E-state index is 12.7. The zero-order valence-electron chi connectivity index (χ0n) is 9.45. The van der Waals surface area contributed by atoms with Crippen LogP contribution in [0.5, 0.6) is 0 Å². The highest BCUT2D eigenvalue weighted by atomic mass is 32.2. The van der Waals surface area contributed by atoms with Gasteiger partial charge in [0.15, 0.2) is 0 Å². The highest BCUT2D eigenvalue weighted by molar-refractivity contribution is 7.89. The van der Waals surface area contributed by atoms with E-state index < -0.39 is 29.2 Å². The summed E-state index contributed by atoms with van der Waals surface area (Å²) in [6.45, 7) is 1.44. The first-order valence-corrected chi connectivity index (χ1v) is 8.16. The molecule has 0 saturated heterocycles. The molecule has 102 valence electrons. The van der Waals surface area contributed by atoms with Gasteiger partial charge >= 0.3 is 7.60 Å². The molecule has 0 amide bonds. The minimum absolute atomic E-state index is 0.0648. The van der Waals surface area contributed by atoms with Gasteiger partial charge in [-0.15, -0.1) is 0 Å². The van der Waals surface area contributed by atoms with Crippen LogP contribution in [-0.4, -0.2) is 24.0 Å². The molecule has 0 spiro atoms. The largest absolute Gasteiger partial charge is 0.343 e. The zero-order valence-corrected chi connectivity index (χ0v) is 11.2. The van der Waals surface area contributed by atoms with E-state index >= 15 is 0 Å². The van der Waals surface area contributed by atoms with E-state index in [2.05, 4.69) is 0 Å². The van der Waals surface area contributed by atoms with Crippen LogP contribution in [0.1, 0.15) is 13.3 Å². The Kier molecular flexibility index (Phi) is 4.63. The molecule has 0 fully saturated rings. The lowest BCUT2D eigenvalue weighted by Gasteiger charge is -2.18. The highest BCUT2D eigenvalue weighted by Crippen LogP contribution is 2.41. The van der Waals surface area contributed by atoms with E-state index in [4.69, 9.17) is 9.79 Å². The van der Waals surface area contributed by atoms with Gasteiger partial charge in [0, 0.05) is 0 Å². The minimum Gasteiger partial charge on any atom is -0.323 e. The summed E-state index contributed by atoms with van der Waals surface area (Å²) in [5.41, 5.74) is 0. The Morgan fingerprint density at radius 2 is 1.83 bits per heavy atom. The van der Waals surface area contributed by atoms with E-state index in [0.29, 0.717) is 0 Å². The fourth-order valence-corrected chi connectivity index (χ4v) is 3.85. The van der Waals surface area contributed by atoms with E-state index in [1.165, 1.54) is 6.92 Å². The number of halogens is 1. The van der Waals surface area contributed by atoms with Crippen LogP contribution in [0.15, 0.2) is 29.2 Å². The molecule has 18 heavy (non-hydrogen) atoms. The normalized spacial score (nSPS) is 14.4. The van der Waals surface area contributed by atoms with Crippen molar-refractivity contribution in [1.82, 2.24) is 4.72 Å². The summed E-state index contributed by atoms with van der Waals surface area (Å²) in [7, 11) is -8.65. The highest BCUT2D eigenvalue weighted by Gasteiger charge is 2.31. The molecule has 0 radical (unpaired) electrons. The molecule has 3 N–H and O–H groups in total. The first-order valence-electron chi connectivity index (χ1n) is 5.00. The van der Waals surface area contributed by atoms with E-state index in [0.717, 1.165) is 24.3 Å². The Morgan fingerprint density at radius 1 is 1.33 bits per heavy atom. The summed E-state index contributed by atoms with van der Waals surface area (Å²) in [6.07, 6.45) is -0.0648. The molecule has 0 aliphatic carbocycles. The van der Waals surface area contributed by atoms with Crippen molar-refractivity contribution in [3.05, 3.63) is 30.1 Å². The van der Waals surface area contributed by atoms with Gasteiger partial charge in [0.25, 0.3) is 0 Å². The average Bonchev–Trinajstić information content (AvgIpc) is 2.25. The molecular formula is C9H13FNO5PS. The molecule has 9 heteroatoms. The number of hydrogen-bond donors (Lipinski definition) is 3. The molecule has 0 aromatic heterocycles. The molecule has 0 saturated carbocycles. The maximum atomic E-state index is 12.7. The molecule has 1 aromatic carbocycles. The Hall–Kier alpha value is -0.790. The molecule has 0 aliphatic heterocycles. The second-order valence-electron chi connectivity index (χ2n) is 3.59. The molecule has 0 heterocycles. The van der Waals surface area contributed by atoms with Gasteiger partial charge in [0.1, 0.15) is 11.6 Å². The first kappa shape index (κ1) is 15.3. The van der Waals surface area contributed by atoms with Crippen molar-refractivity contribution in [3.8, 4) is 0 Å². The zero-order chi connectivity index (χ0) is 14.0. The average molecular weight is 297 g/mol. The lowest BCUT2D eigenvalue weighted by atomic mass is 10.4. The molecule has 0 aliphatic rings. The van der Waals surface area contributed by atoms with Crippen LogP contribution in [0.3, 0.4) is 0 Å².